The number of benzene rings is 3. The molecule has 3 aromatic rings. The maximum absolute atomic E-state index is 5.56. The Morgan fingerprint density at radius 1 is 0.690 bits per heavy atom. The fourth-order valence-electron chi connectivity index (χ4n) is 3.27. The van der Waals surface area contributed by atoms with Gasteiger partial charge < -0.3 is 9.64 Å². The van der Waals surface area contributed by atoms with E-state index in [9.17, 15) is 0 Å². The smallest absolute Gasteiger partial charge is 0.0887 e. The van der Waals surface area contributed by atoms with Gasteiger partial charge in [0.15, 0.2) is 0 Å². The van der Waals surface area contributed by atoms with Crippen molar-refractivity contribution >= 4 is 11.3 Å². The van der Waals surface area contributed by atoms with Gasteiger partial charge in [0.05, 0.1) is 24.5 Å². The minimum atomic E-state index is 0.731. The number of nitrogens with zero attached hydrogens (tertiary/aromatic N) is 1. The SMILES string of the molecule is C(=C(C#Cc1ccccc1)c1ccccc1)=C(c1ccccc1)N1CCOCC1. The highest BCUT2D eigenvalue weighted by Gasteiger charge is 2.15. The summed E-state index contributed by atoms with van der Waals surface area (Å²) < 4.78 is 5.56. The van der Waals surface area contributed by atoms with E-state index in [4.69, 9.17) is 4.74 Å². The largest absolute Gasteiger partial charge is 0.378 e. The molecule has 1 aliphatic heterocycles. The van der Waals surface area contributed by atoms with Crippen molar-refractivity contribution in [2.45, 2.75) is 0 Å². The van der Waals surface area contributed by atoms with Gasteiger partial charge in [-0.2, -0.15) is 0 Å². The van der Waals surface area contributed by atoms with E-state index in [-0.39, 0.29) is 0 Å². The van der Waals surface area contributed by atoms with E-state index in [1.165, 1.54) is 0 Å². The second kappa shape index (κ2) is 9.62. The minimum Gasteiger partial charge on any atom is -0.378 e. The van der Waals surface area contributed by atoms with E-state index in [1.807, 2.05) is 54.6 Å². The summed E-state index contributed by atoms with van der Waals surface area (Å²) in [6.07, 6.45) is 0. The Morgan fingerprint density at radius 3 is 1.86 bits per heavy atom. The Balaban J connectivity index is 1.88. The molecule has 0 bridgehead atoms. The van der Waals surface area contributed by atoms with Crippen molar-refractivity contribution in [1.82, 2.24) is 4.90 Å². The predicted molar refractivity (Wildman–Crippen MR) is 119 cm³/mol. The minimum absolute atomic E-state index is 0.731. The van der Waals surface area contributed by atoms with Crippen molar-refractivity contribution in [3.63, 3.8) is 0 Å². The number of morpholine rings is 1. The van der Waals surface area contributed by atoms with Gasteiger partial charge in [0, 0.05) is 24.2 Å². The molecule has 0 unspecified atom stereocenters. The first kappa shape index (κ1) is 18.8. The molecule has 2 heteroatoms. The summed E-state index contributed by atoms with van der Waals surface area (Å²) >= 11 is 0. The fourth-order valence-corrected chi connectivity index (χ4v) is 3.27. The Bertz CT molecular complexity index is 1050. The molecule has 0 spiro atoms. The average Bonchev–Trinajstić information content (AvgIpc) is 2.82. The predicted octanol–water partition coefficient (Wildman–Crippen LogP) is 5.09. The van der Waals surface area contributed by atoms with Gasteiger partial charge in [-0.25, -0.2) is 0 Å². The molecule has 1 aliphatic rings. The van der Waals surface area contributed by atoms with Gasteiger partial charge in [-0.05, 0) is 17.7 Å². The van der Waals surface area contributed by atoms with Crippen LogP contribution in [-0.2, 0) is 4.74 Å². The normalized spacial score (nSPS) is 13.0. The van der Waals surface area contributed by atoms with Gasteiger partial charge in [-0.3, -0.25) is 0 Å². The number of rotatable bonds is 3. The van der Waals surface area contributed by atoms with E-state index in [1.54, 1.807) is 0 Å². The number of hydrogen-bond acceptors (Lipinski definition) is 2. The van der Waals surface area contributed by atoms with Crippen LogP contribution in [0.15, 0.2) is 96.7 Å². The van der Waals surface area contributed by atoms with Crippen LogP contribution in [0.5, 0.6) is 0 Å². The molecule has 0 saturated carbocycles. The molecular weight excluding hydrogens is 354 g/mol. The zero-order valence-electron chi connectivity index (χ0n) is 16.3. The van der Waals surface area contributed by atoms with E-state index >= 15 is 0 Å². The first-order chi connectivity index (χ1) is 14.4. The molecule has 1 fully saturated rings. The number of ether oxygens (including phenoxy) is 1. The molecule has 0 aromatic heterocycles. The molecule has 0 aliphatic carbocycles. The molecule has 29 heavy (non-hydrogen) atoms. The van der Waals surface area contributed by atoms with Crippen LogP contribution in [0.4, 0.5) is 0 Å². The zero-order valence-corrected chi connectivity index (χ0v) is 16.3. The Hall–Kier alpha value is -3.50. The van der Waals surface area contributed by atoms with Crippen molar-refractivity contribution in [2.24, 2.45) is 0 Å². The topological polar surface area (TPSA) is 12.5 Å². The lowest BCUT2D eigenvalue weighted by Crippen LogP contribution is -2.34. The van der Waals surface area contributed by atoms with Crippen LogP contribution in [0, 0.1) is 11.8 Å². The van der Waals surface area contributed by atoms with Crippen LogP contribution in [0.25, 0.3) is 11.3 Å². The van der Waals surface area contributed by atoms with Gasteiger partial charge in [-0.15, -0.1) is 0 Å². The van der Waals surface area contributed by atoms with Crippen molar-refractivity contribution in [3.05, 3.63) is 113 Å². The van der Waals surface area contributed by atoms with E-state index < -0.39 is 0 Å². The Morgan fingerprint density at radius 2 is 1.24 bits per heavy atom. The van der Waals surface area contributed by atoms with Crippen LogP contribution in [0.2, 0.25) is 0 Å². The molecule has 142 valence electrons. The second-order valence-corrected chi connectivity index (χ2v) is 6.80. The highest BCUT2D eigenvalue weighted by molar-refractivity contribution is 5.83. The fraction of sp³-hybridized carbons (Fsp3) is 0.148. The first-order valence-electron chi connectivity index (χ1n) is 9.92. The summed E-state index contributed by atoms with van der Waals surface area (Å²) in [7, 11) is 0. The lowest BCUT2D eigenvalue weighted by molar-refractivity contribution is 0.0640. The summed E-state index contributed by atoms with van der Waals surface area (Å²) in [5.41, 5.74) is 8.82. The maximum atomic E-state index is 5.56. The number of allylic oxidation sites excluding steroid dienone is 1. The van der Waals surface area contributed by atoms with Gasteiger partial charge >= 0.3 is 0 Å². The highest BCUT2D eigenvalue weighted by Crippen LogP contribution is 2.22. The lowest BCUT2D eigenvalue weighted by Gasteiger charge is -2.30. The molecule has 0 atom stereocenters. The summed E-state index contributed by atoms with van der Waals surface area (Å²) in [6, 6.07) is 30.8. The second-order valence-electron chi connectivity index (χ2n) is 6.80. The molecule has 2 nitrogen and oxygen atoms in total. The summed E-state index contributed by atoms with van der Waals surface area (Å²) in [4.78, 5) is 2.34. The van der Waals surface area contributed by atoms with Gasteiger partial charge in [0.2, 0.25) is 0 Å². The van der Waals surface area contributed by atoms with Gasteiger partial charge in [0.25, 0.3) is 0 Å². The standard InChI is InChI=1S/C27H23NO/c1-4-10-23(11-5-1)16-17-26(24-12-6-2-7-13-24)22-27(25-14-8-3-9-15-25)28-18-20-29-21-19-28/h1-15H,18-21H2. The average molecular weight is 377 g/mol. The van der Waals surface area contributed by atoms with Gasteiger partial charge in [0.1, 0.15) is 0 Å². The summed E-state index contributed by atoms with van der Waals surface area (Å²) in [5.74, 6) is 6.67. The Kier molecular flexibility index (Phi) is 6.25. The van der Waals surface area contributed by atoms with E-state index in [2.05, 4.69) is 58.9 Å². The van der Waals surface area contributed by atoms with Crippen LogP contribution >= 0.6 is 0 Å². The zero-order chi connectivity index (χ0) is 19.7. The number of hydrogen-bond donors (Lipinski definition) is 0. The third-order valence-corrected chi connectivity index (χ3v) is 4.79. The van der Waals surface area contributed by atoms with Crippen LogP contribution in [-0.4, -0.2) is 31.2 Å². The third kappa shape index (κ3) is 5.06. The third-order valence-electron chi connectivity index (χ3n) is 4.79. The Labute approximate surface area is 172 Å². The molecule has 3 aromatic carbocycles. The molecule has 1 heterocycles. The molecule has 0 radical (unpaired) electrons. The molecular formula is C27H23NO. The van der Waals surface area contributed by atoms with Crippen LogP contribution in [0.3, 0.4) is 0 Å². The summed E-state index contributed by atoms with van der Waals surface area (Å²) in [6.45, 7) is 3.17. The van der Waals surface area contributed by atoms with Crippen molar-refractivity contribution in [2.75, 3.05) is 26.3 Å². The first-order valence-corrected chi connectivity index (χ1v) is 9.92. The van der Waals surface area contributed by atoms with E-state index in [0.29, 0.717) is 0 Å². The molecule has 1 saturated heterocycles. The van der Waals surface area contributed by atoms with Crippen molar-refractivity contribution in [1.29, 1.82) is 0 Å². The lowest BCUT2D eigenvalue weighted by atomic mass is 10.0. The highest BCUT2D eigenvalue weighted by atomic mass is 16.5. The maximum Gasteiger partial charge on any atom is 0.0887 e. The van der Waals surface area contributed by atoms with Gasteiger partial charge in [-0.1, -0.05) is 96.4 Å². The molecule has 0 amide bonds. The monoisotopic (exact) mass is 377 g/mol. The quantitative estimate of drug-likeness (QED) is 0.465. The summed E-state index contributed by atoms with van der Waals surface area (Å²) in [5, 5.41) is 0. The van der Waals surface area contributed by atoms with E-state index in [0.717, 1.165) is 54.3 Å². The van der Waals surface area contributed by atoms with Crippen molar-refractivity contribution < 1.29 is 4.74 Å². The molecule has 4 rings (SSSR count). The van der Waals surface area contributed by atoms with Crippen LogP contribution < -0.4 is 0 Å². The van der Waals surface area contributed by atoms with Crippen molar-refractivity contribution in [3.8, 4) is 11.8 Å². The van der Waals surface area contributed by atoms with Crippen LogP contribution in [0.1, 0.15) is 16.7 Å². The molecule has 0 N–H and O–H groups in total.